The lowest BCUT2D eigenvalue weighted by Crippen LogP contribution is -2.50. The Hall–Kier alpha value is -3.59. The van der Waals surface area contributed by atoms with Gasteiger partial charge in [-0.2, -0.15) is 0 Å². The first-order chi connectivity index (χ1) is 19.6. The number of alkyl carbamates (subject to hydrolysis) is 1. The Labute approximate surface area is 252 Å². The molecule has 0 saturated carbocycles. The highest BCUT2D eigenvalue weighted by Crippen LogP contribution is 2.42. The number of nitrogens with one attached hydrogen (secondary N) is 2. The van der Waals surface area contributed by atoms with Crippen LogP contribution in [-0.4, -0.2) is 45.0 Å². The Balaban J connectivity index is 2.33. The Bertz CT molecular complexity index is 1200. The van der Waals surface area contributed by atoms with Crippen LogP contribution in [0, 0.1) is 0 Å². The van der Waals surface area contributed by atoms with Gasteiger partial charge >= 0.3 is 12.1 Å². The first-order valence-electron chi connectivity index (χ1n) is 14.5. The average molecular weight is 597 g/mol. The fourth-order valence-corrected chi connectivity index (χ4v) is 10.6. The number of benzene rings is 2. The fourth-order valence-electron chi connectivity index (χ4n) is 5.34. The van der Waals surface area contributed by atoms with Gasteiger partial charge in [0.05, 0.1) is 7.11 Å². The van der Waals surface area contributed by atoms with Crippen molar-refractivity contribution in [2.24, 2.45) is 0 Å². The minimum Gasteiger partial charge on any atom is -0.543 e. The van der Waals surface area contributed by atoms with E-state index < -0.39 is 37.9 Å². The average Bonchev–Trinajstić information content (AvgIpc) is 2.90. The maximum absolute atomic E-state index is 13.4. The summed E-state index contributed by atoms with van der Waals surface area (Å²) in [6, 6.07) is 15.7. The van der Waals surface area contributed by atoms with Crippen molar-refractivity contribution in [1.82, 2.24) is 10.6 Å². The van der Waals surface area contributed by atoms with Crippen molar-refractivity contribution in [3.63, 3.8) is 0 Å². The van der Waals surface area contributed by atoms with Crippen molar-refractivity contribution in [3.8, 4) is 5.75 Å². The topological polar surface area (TPSA) is 103 Å². The van der Waals surface area contributed by atoms with Crippen molar-refractivity contribution in [3.05, 3.63) is 71.4 Å². The highest BCUT2D eigenvalue weighted by Gasteiger charge is 2.47. The molecule has 0 bridgehead atoms. The predicted molar refractivity (Wildman–Crippen MR) is 170 cm³/mol. The first-order valence-corrected chi connectivity index (χ1v) is 16.7. The van der Waals surface area contributed by atoms with Crippen molar-refractivity contribution in [2.75, 3.05) is 7.11 Å². The highest BCUT2D eigenvalue weighted by molar-refractivity contribution is 6.78. The van der Waals surface area contributed by atoms with E-state index in [0.717, 1.165) is 11.3 Å². The number of amides is 2. The molecular weight excluding hydrogens is 548 g/mol. The maximum Gasteiger partial charge on any atom is 0.408 e. The van der Waals surface area contributed by atoms with Crippen LogP contribution in [0.3, 0.4) is 0 Å². The molecule has 0 unspecified atom stereocenters. The summed E-state index contributed by atoms with van der Waals surface area (Å²) in [5.41, 5.74) is 1.98. The molecule has 0 radical (unpaired) electrons. The number of methoxy groups -OCH3 is 1. The van der Waals surface area contributed by atoms with Crippen LogP contribution in [0.2, 0.25) is 16.6 Å². The molecule has 0 aromatic heterocycles. The van der Waals surface area contributed by atoms with Crippen molar-refractivity contribution in [2.45, 2.75) is 97.0 Å². The smallest absolute Gasteiger partial charge is 0.408 e. The number of esters is 1. The molecule has 0 aliphatic rings. The second-order valence-corrected chi connectivity index (χ2v) is 17.8. The van der Waals surface area contributed by atoms with Crippen LogP contribution in [0.1, 0.15) is 73.4 Å². The number of hydrogen-bond acceptors (Lipinski definition) is 6. The molecule has 0 aliphatic carbocycles. The Morgan fingerprint density at radius 3 is 1.88 bits per heavy atom. The Morgan fingerprint density at radius 1 is 0.857 bits per heavy atom. The molecule has 9 heteroatoms. The van der Waals surface area contributed by atoms with E-state index in [1.807, 2.05) is 54.6 Å². The van der Waals surface area contributed by atoms with E-state index in [-0.39, 0.29) is 12.1 Å². The third kappa shape index (κ3) is 9.75. The summed E-state index contributed by atoms with van der Waals surface area (Å²) in [7, 11) is -0.885. The molecule has 2 rings (SSSR count). The number of carbonyl (C=O) groups excluding carboxylic acids is 3. The van der Waals surface area contributed by atoms with E-state index >= 15 is 0 Å². The molecular formula is C33H48N2O6Si. The van der Waals surface area contributed by atoms with Crippen LogP contribution in [0.25, 0.3) is 6.08 Å². The van der Waals surface area contributed by atoms with Crippen molar-refractivity contribution < 1.29 is 28.3 Å². The quantitative estimate of drug-likeness (QED) is 0.155. The van der Waals surface area contributed by atoms with Gasteiger partial charge in [0.2, 0.25) is 5.91 Å². The third-order valence-corrected chi connectivity index (χ3v) is 13.1. The second kappa shape index (κ2) is 15.0. The summed E-state index contributed by atoms with van der Waals surface area (Å²) in [4.78, 5) is 38.7. The van der Waals surface area contributed by atoms with E-state index in [0.29, 0.717) is 22.2 Å². The summed E-state index contributed by atoms with van der Waals surface area (Å²) < 4.78 is 17.1. The number of ether oxygens (including phenoxy) is 2. The molecule has 0 fully saturated rings. The zero-order valence-corrected chi connectivity index (χ0v) is 27.7. The van der Waals surface area contributed by atoms with Gasteiger partial charge in [-0.3, -0.25) is 4.79 Å². The van der Waals surface area contributed by atoms with Gasteiger partial charge in [0.1, 0.15) is 23.1 Å². The largest absolute Gasteiger partial charge is 0.543 e. The molecule has 1 atom stereocenters. The zero-order chi connectivity index (χ0) is 31.7. The molecule has 8 nitrogen and oxygen atoms in total. The lowest BCUT2D eigenvalue weighted by atomic mass is 10.1. The third-order valence-electron chi connectivity index (χ3n) is 7.15. The summed E-state index contributed by atoms with van der Waals surface area (Å²) in [5.74, 6) is -0.517. The molecule has 0 saturated heterocycles. The van der Waals surface area contributed by atoms with Crippen molar-refractivity contribution >= 4 is 32.4 Å². The van der Waals surface area contributed by atoms with E-state index in [4.69, 9.17) is 13.9 Å². The summed E-state index contributed by atoms with van der Waals surface area (Å²) in [5, 5.41) is 5.29. The minimum atomic E-state index is -2.13. The molecule has 0 spiro atoms. The summed E-state index contributed by atoms with van der Waals surface area (Å²) in [6.45, 7) is 18.6. The monoisotopic (exact) mass is 596 g/mol. The minimum absolute atomic E-state index is 0.0597. The van der Waals surface area contributed by atoms with Gasteiger partial charge in [-0.25, -0.2) is 9.59 Å². The normalized spacial score (nSPS) is 13.1. The molecule has 42 heavy (non-hydrogen) atoms. The molecule has 2 aromatic carbocycles. The van der Waals surface area contributed by atoms with Crippen LogP contribution >= 0.6 is 0 Å². The van der Waals surface area contributed by atoms with Gasteiger partial charge in [0, 0.05) is 6.42 Å². The zero-order valence-electron chi connectivity index (χ0n) is 26.7. The SMILES string of the molecule is COC(=O)/C(=C/c1ccc(O[Si](C(C)C)(C(C)C)C(C)C)cc1)NC(=O)[C@@H](Cc1ccccc1)NC(=O)OC(C)(C)C. The van der Waals surface area contributed by atoms with E-state index in [9.17, 15) is 14.4 Å². The summed E-state index contributed by atoms with van der Waals surface area (Å²) in [6.07, 6.45) is 1.000. The highest BCUT2D eigenvalue weighted by atomic mass is 28.4. The van der Waals surface area contributed by atoms with Gasteiger partial charge < -0.3 is 24.5 Å². The van der Waals surface area contributed by atoms with Gasteiger partial charge in [-0.15, -0.1) is 0 Å². The van der Waals surface area contributed by atoms with Gasteiger partial charge in [-0.05, 0) is 66.7 Å². The Morgan fingerprint density at radius 2 is 1.40 bits per heavy atom. The number of carbonyl (C=O) groups is 3. The van der Waals surface area contributed by atoms with Gasteiger partial charge in [0.25, 0.3) is 8.32 Å². The second-order valence-electron chi connectivity index (χ2n) is 12.4. The number of hydrogen-bond donors (Lipinski definition) is 2. The number of rotatable bonds is 12. The van der Waals surface area contributed by atoms with Crippen LogP contribution in [0.15, 0.2) is 60.3 Å². The van der Waals surface area contributed by atoms with Crippen LogP contribution < -0.4 is 15.1 Å². The molecule has 2 aromatic rings. The molecule has 2 amide bonds. The molecule has 2 N–H and O–H groups in total. The molecule has 0 aliphatic heterocycles. The maximum atomic E-state index is 13.4. The Kier molecular flexibility index (Phi) is 12.4. The van der Waals surface area contributed by atoms with Crippen LogP contribution in [-0.2, 0) is 25.5 Å². The van der Waals surface area contributed by atoms with Crippen molar-refractivity contribution in [1.29, 1.82) is 0 Å². The van der Waals surface area contributed by atoms with E-state index in [2.05, 4.69) is 52.2 Å². The van der Waals surface area contributed by atoms with E-state index in [1.54, 1.807) is 26.8 Å². The fraction of sp³-hybridized carbons (Fsp3) is 0.485. The lowest BCUT2D eigenvalue weighted by Gasteiger charge is -2.42. The summed E-state index contributed by atoms with van der Waals surface area (Å²) >= 11 is 0. The van der Waals surface area contributed by atoms with E-state index in [1.165, 1.54) is 7.11 Å². The molecule has 0 heterocycles. The first kappa shape index (κ1) is 34.6. The standard InChI is InChI=1S/C33H48N2O6Si/c1-22(2)42(23(3)4,24(5)6)41-27-18-16-26(17-19-27)21-29(31(37)39-10)34-30(36)28(20-25-14-12-11-13-15-25)35-32(38)40-33(7,8)9/h11-19,21-24,28H,20H2,1-10H3,(H,34,36)(H,35,38)/b29-21-/t28-/m1/s1. The lowest BCUT2D eigenvalue weighted by molar-refractivity contribution is -0.137. The predicted octanol–water partition coefficient (Wildman–Crippen LogP) is 7.01. The van der Waals surface area contributed by atoms with Gasteiger partial charge in [0.15, 0.2) is 0 Å². The van der Waals surface area contributed by atoms with Crippen LogP contribution in [0.5, 0.6) is 5.75 Å². The molecule has 230 valence electrons. The van der Waals surface area contributed by atoms with Gasteiger partial charge in [-0.1, -0.05) is 84.0 Å². The van der Waals surface area contributed by atoms with Crippen LogP contribution in [0.4, 0.5) is 4.79 Å².